The van der Waals surface area contributed by atoms with E-state index in [1.165, 1.54) is 41.7 Å². The van der Waals surface area contributed by atoms with Gasteiger partial charge in [-0.05, 0) is 47.0 Å². The molecular formula is C21H19F2N3O5S2. The van der Waals surface area contributed by atoms with Crippen molar-refractivity contribution < 1.29 is 32.7 Å². The van der Waals surface area contributed by atoms with Gasteiger partial charge >= 0.3 is 6.61 Å². The zero-order chi connectivity index (χ0) is 23.8. The van der Waals surface area contributed by atoms with Crippen molar-refractivity contribution >= 4 is 52.1 Å². The molecule has 174 valence electrons. The molecule has 0 radical (unpaired) electrons. The third kappa shape index (κ3) is 7.12. The van der Waals surface area contributed by atoms with E-state index in [2.05, 4.69) is 15.4 Å². The Bertz CT molecular complexity index is 1040. The summed E-state index contributed by atoms with van der Waals surface area (Å²) in [6, 6.07) is 7.33. The summed E-state index contributed by atoms with van der Waals surface area (Å²) in [6.45, 7) is -2.71. The Hall–Kier alpha value is -3.25. The van der Waals surface area contributed by atoms with Crippen molar-refractivity contribution in [2.45, 2.75) is 13.0 Å². The average molecular weight is 496 g/mol. The molecule has 33 heavy (non-hydrogen) atoms. The Kier molecular flexibility index (Phi) is 8.55. The van der Waals surface area contributed by atoms with E-state index in [-0.39, 0.29) is 48.5 Å². The molecule has 1 saturated heterocycles. The summed E-state index contributed by atoms with van der Waals surface area (Å²) in [6.07, 6.45) is 1.54. The summed E-state index contributed by atoms with van der Waals surface area (Å²) in [7, 11) is 0. The van der Waals surface area contributed by atoms with Crippen LogP contribution in [0.5, 0.6) is 5.75 Å². The summed E-state index contributed by atoms with van der Waals surface area (Å²) in [5.41, 5.74) is 1.07. The van der Waals surface area contributed by atoms with E-state index < -0.39 is 17.8 Å². The Morgan fingerprint density at radius 2 is 1.85 bits per heavy atom. The summed E-state index contributed by atoms with van der Waals surface area (Å²) in [5, 5.41) is 8.26. The number of thioether (sulfide) groups is 1. The average Bonchev–Trinajstić information content (AvgIpc) is 3.39. The number of amides is 4. The number of rotatable bonds is 10. The molecule has 1 aromatic carbocycles. The van der Waals surface area contributed by atoms with Gasteiger partial charge in [0.2, 0.25) is 5.91 Å². The van der Waals surface area contributed by atoms with Crippen LogP contribution >= 0.6 is 23.1 Å². The van der Waals surface area contributed by atoms with Gasteiger partial charge in [0, 0.05) is 37.0 Å². The van der Waals surface area contributed by atoms with Crippen LogP contribution in [0, 0.1) is 0 Å². The van der Waals surface area contributed by atoms with Crippen LogP contribution in [0.3, 0.4) is 0 Å². The van der Waals surface area contributed by atoms with Gasteiger partial charge in [0.05, 0.1) is 4.91 Å². The molecule has 1 fully saturated rings. The quantitative estimate of drug-likeness (QED) is 0.490. The van der Waals surface area contributed by atoms with Crippen molar-refractivity contribution in [3.8, 4) is 5.75 Å². The van der Waals surface area contributed by atoms with Gasteiger partial charge < -0.3 is 15.4 Å². The lowest BCUT2D eigenvalue weighted by Crippen LogP contribution is -2.38. The number of carbonyl (C=O) groups is 4. The van der Waals surface area contributed by atoms with Crippen LogP contribution in [0.1, 0.15) is 22.3 Å². The number of hydrogen-bond acceptors (Lipinski definition) is 7. The van der Waals surface area contributed by atoms with Gasteiger partial charge in [-0.3, -0.25) is 24.1 Å². The number of alkyl halides is 2. The van der Waals surface area contributed by atoms with E-state index in [1.54, 1.807) is 16.8 Å². The highest BCUT2D eigenvalue weighted by molar-refractivity contribution is 8.18. The first-order valence-corrected chi connectivity index (χ1v) is 11.5. The van der Waals surface area contributed by atoms with Gasteiger partial charge in [-0.2, -0.15) is 20.1 Å². The molecule has 4 amide bonds. The molecule has 0 spiro atoms. The van der Waals surface area contributed by atoms with Crippen LogP contribution in [-0.2, 0) is 9.59 Å². The summed E-state index contributed by atoms with van der Waals surface area (Å²) in [5.74, 6) is -1.11. The van der Waals surface area contributed by atoms with E-state index in [1.807, 2.05) is 0 Å². The highest BCUT2D eigenvalue weighted by Crippen LogP contribution is 2.32. The number of ether oxygens (including phenoxy) is 1. The predicted molar refractivity (Wildman–Crippen MR) is 120 cm³/mol. The fourth-order valence-corrected chi connectivity index (χ4v) is 4.27. The molecule has 2 N–H and O–H groups in total. The van der Waals surface area contributed by atoms with E-state index in [9.17, 15) is 28.0 Å². The molecule has 1 aliphatic rings. The minimum atomic E-state index is -2.93. The van der Waals surface area contributed by atoms with Crippen LogP contribution in [-0.4, -0.2) is 54.1 Å². The Balaban J connectivity index is 1.42. The van der Waals surface area contributed by atoms with Gasteiger partial charge in [0.25, 0.3) is 17.1 Å². The number of thiophene rings is 1. The molecule has 1 aliphatic heterocycles. The molecule has 2 aromatic rings. The molecule has 2 heterocycles. The lowest BCUT2D eigenvalue weighted by atomic mass is 10.2. The van der Waals surface area contributed by atoms with Crippen LogP contribution in [0.15, 0.2) is 46.0 Å². The van der Waals surface area contributed by atoms with Gasteiger partial charge in [0.15, 0.2) is 0 Å². The smallest absolute Gasteiger partial charge is 0.387 e. The first-order chi connectivity index (χ1) is 15.8. The van der Waals surface area contributed by atoms with Gasteiger partial charge in [-0.15, -0.1) is 0 Å². The maximum atomic E-state index is 12.5. The van der Waals surface area contributed by atoms with Crippen molar-refractivity contribution in [1.29, 1.82) is 0 Å². The molecular weight excluding hydrogens is 476 g/mol. The number of carbonyl (C=O) groups excluding carboxylic acids is 4. The maximum Gasteiger partial charge on any atom is 0.387 e. The van der Waals surface area contributed by atoms with Crippen LogP contribution in [0.2, 0.25) is 0 Å². The van der Waals surface area contributed by atoms with Crippen LogP contribution in [0.4, 0.5) is 13.6 Å². The summed E-state index contributed by atoms with van der Waals surface area (Å²) >= 11 is 2.15. The molecule has 0 unspecified atom stereocenters. The molecule has 0 aliphatic carbocycles. The lowest BCUT2D eigenvalue weighted by molar-refractivity contribution is -0.124. The number of hydrogen-bond donors (Lipinski definition) is 2. The Labute approximate surface area is 196 Å². The minimum absolute atomic E-state index is 0.00379. The van der Waals surface area contributed by atoms with Crippen LogP contribution < -0.4 is 15.4 Å². The van der Waals surface area contributed by atoms with Gasteiger partial charge in [0.1, 0.15) is 5.75 Å². The largest absolute Gasteiger partial charge is 0.435 e. The number of halogens is 2. The number of nitrogens with zero attached hydrogens (tertiary/aromatic N) is 1. The van der Waals surface area contributed by atoms with E-state index in [0.29, 0.717) is 11.1 Å². The Morgan fingerprint density at radius 3 is 2.52 bits per heavy atom. The molecule has 0 saturated carbocycles. The third-order valence-electron chi connectivity index (χ3n) is 4.36. The molecule has 1 aromatic heterocycles. The topological polar surface area (TPSA) is 105 Å². The maximum absolute atomic E-state index is 12.5. The molecule has 0 atom stereocenters. The summed E-state index contributed by atoms with van der Waals surface area (Å²) < 4.78 is 28.7. The first kappa shape index (κ1) is 24.4. The molecule has 8 nitrogen and oxygen atoms in total. The number of nitrogens with one attached hydrogen (secondary N) is 2. The van der Waals surface area contributed by atoms with Crippen molar-refractivity contribution in [2.75, 3.05) is 19.6 Å². The zero-order valence-electron chi connectivity index (χ0n) is 17.1. The second kappa shape index (κ2) is 11.6. The van der Waals surface area contributed by atoms with E-state index in [0.717, 1.165) is 16.7 Å². The highest BCUT2D eigenvalue weighted by Gasteiger charge is 2.34. The standard InChI is InChI=1S/C21H19F2N3O5S2/c22-20(23)31-15-3-1-13(2-4-15)11-16-19(29)26(21(30)33-16)9-8-24-17(27)5-7-25-18(28)14-6-10-32-12-14/h1-4,6,10-12,20H,5,7-9H2,(H,24,27)(H,25,28)/b16-11-. The first-order valence-electron chi connectivity index (χ1n) is 9.71. The fraction of sp³-hybridized carbons (Fsp3) is 0.238. The zero-order valence-corrected chi connectivity index (χ0v) is 18.7. The van der Waals surface area contributed by atoms with Gasteiger partial charge in [-0.1, -0.05) is 12.1 Å². The van der Waals surface area contributed by atoms with Gasteiger partial charge in [-0.25, -0.2) is 0 Å². The van der Waals surface area contributed by atoms with Crippen molar-refractivity contribution in [3.05, 3.63) is 57.1 Å². The normalized spacial score (nSPS) is 14.8. The van der Waals surface area contributed by atoms with Crippen molar-refractivity contribution in [1.82, 2.24) is 15.5 Å². The minimum Gasteiger partial charge on any atom is -0.435 e. The number of benzene rings is 1. The third-order valence-corrected chi connectivity index (χ3v) is 5.95. The van der Waals surface area contributed by atoms with E-state index in [4.69, 9.17) is 0 Å². The highest BCUT2D eigenvalue weighted by atomic mass is 32.2. The van der Waals surface area contributed by atoms with Crippen molar-refractivity contribution in [2.24, 2.45) is 0 Å². The Morgan fingerprint density at radius 1 is 1.09 bits per heavy atom. The molecule has 12 heteroatoms. The second-order valence-electron chi connectivity index (χ2n) is 6.65. The lowest BCUT2D eigenvalue weighted by Gasteiger charge is -2.13. The molecule has 0 bridgehead atoms. The predicted octanol–water partition coefficient (Wildman–Crippen LogP) is 3.32. The van der Waals surface area contributed by atoms with Crippen molar-refractivity contribution in [3.63, 3.8) is 0 Å². The fourth-order valence-electron chi connectivity index (χ4n) is 2.77. The number of imide groups is 1. The molecule has 3 rings (SSSR count). The second-order valence-corrected chi connectivity index (χ2v) is 8.42. The monoisotopic (exact) mass is 495 g/mol. The van der Waals surface area contributed by atoms with Crippen LogP contribution in [0.25, 0.3) is 6.08 Å². The SMILES string of the molecule is O=C(CCNC(=O)c1ccsc1)NCCN1C(=O)S/C(=C\c2ccc(OC(F)F)cc2)C1=O. The van der Waals surface area contributed by atoms with E-state index >= 15 is 0 Å². The summed E-state index contributed by atoms with van der Waals surface area (Å²) in [4.78, 5) is 49.6.